The highest BCUT2D eigenvalue weighted by molar-refractivity contribution is 9.10. The number of amides is 2. The predicted octanol–water partition coefficient (Wildman–Crippen LogP) is 2.24. The van der Waals surface area contributed by atoms with E-state index >= 15 is 0 Å². The summed E-state index contributed by atoms with van der Waals surface area (Å²) in [6.45, 7) is 0. The summed E-state index contributed by atoms with van der Waals surface area (Å²) in [5.41, 5.74) is 4.89. The molecule has 0 aliphatic rings. The normalized spacial score (nSPS) is 9.91. The van der Waals surface area contributed by atoms with E-state index in [9.17, 15) is 14.7 Å². The van der Waals surface area contributed by atoms with Gasteiger partial charge in [0.1, 0.15) is 11.5 Å². The Balaban J connectivity index is 2.07. The number of carbonyl (C=O) groups is 2. The SMILES string of the molecule is COc1ccc(Br)c(C(=O)NNC(=O)c2ccccc2O)c1. The van der Waals surface area contributed by atoms with Gasteiger partial charge < -0.3 is 9.84 Å². The van der Waals surface area contributed by atoms with Gasteiger partial charge in [0.15, 0.2) is 0 Å². The smallest absolute Gasteiger partial charge is 0.273 e. The number of phenols is 1. The molecule has 0 aliphatic carbocycles. The first kappa shape index (κ1) is 15.8. The van der Waals surface area contributed by atoms with E-state index in [4.69, 9.17) is 4.74 Å². The van der Waals surface area contributed by atoms with E-state index in [0.29, 0.717) is 15.8 Å². The number of rotatable bonds is 3. The van der Waals surface area contributed by atoms with Gasteiger partial charge in [-0.05, 0) is 46.3 Å². The van der Waals surface area contributed by atoms with Gasteiger partial charge in [-0.3, -0.25) is 20.4 Å². The lowest BCUT2D eigenvalue weighted by Gasteiger charge is -2.10. The van der Waals surface area contributed by atoms with E-state index in [1.54, 1.807) is 24.3 Å². The van der Waals surface area contributed by atoms with Crippen LogP contribution in [0, 0.1) is 0 Å². The Morgan fingerprint density at radius 1 is 1.05 bits per heavy atom. The second kappa shape index (κ2) is 6.95. The number of carbonyl (C=O) groups excluding carboxylic acids is 2. The van der Waals surface area contributed by atoms with Crippen molar-refractivity contribution < 1.29 is 19.4 Å². The van der Waals surface area contributed by atoms with Crippen LogP contribution in [0.15, 0.2) is 46.9 Å². The Bertz CT molecular complexity index is 718. The first-order valence-electron chi connectivity index (χ1n) is 6.25. The molecule has 3 N–H and O–H groups in total. The molecule has 2 rings (SSSR count). The van der Waals surface area contributed by atoms with E-state index in [1.165, 1.54) is 25.3 Å². The van der Waals surface area contributed by atoms with Crippen LogP contribution >= 0.6 is 15.9 Å². The van der Waals surface area contributed by atoms with Crippen LogP contribution in [0.5, 0.6) is 11.5 Å². The minimum absolute atomic E-state index is 0.0625. The van der Waals surface area contributed by atoms with Crippen molar-refractivity contribution in [1.29, 1.82) is 0 Å². The molecule has 0 aliphatic heterocycles. The fourth-order valence-electron chi connectivity index (χ4n) is 1.72. The molecule has 0 atom stereocenters. The molecule has 0 aromatic heterocycles. The lowest BCUT2D eigenvalue weighted by atomic mass is 10.2. The summed E-state index contributed by atoms with van der Waals surface area (Å²) in [5, 5.41) is 9.58. The second-order valence-electron chi connectivity index (χ2n) is 4.27. The van der Waals surface area contributed by atoms with E-state index in [1.807, 2.05) is 0 Å². The van der Waals surface area contributed by atoms with Crippen molar-refractivity contribution in [2.24, 2.45) is 0 Å². The Hall–Kier alpha value is -2.54. The van der Waals surface area contributed by atoms with Gasteiger partial charge in [0.05, 0.1) is 18.2 Å². The second-order valence-corrected chi connectivity index (χ2v) is 5.13. The van der Waals surface area contributed by atoms with Crippen LogP contribution < -0.4 is 15.6 Å². The lowest BCUT2D eigenvalue weighted by molar-refractivity contribution is 0.0844. The van der Waals surface area contributed by atoms with Gasteiger partial charge in [-0.2, -0.15) is 0 Å². The molecule has 7 heteroatoms. The average molecular weight is 365 g/mol. The number of ether oxygens (including phenoxy) is 1. The molecule has 114 valence electrons. The van der Waals surface area contributed by atoms with Crippen molar-refractivity contribution >= 4 is 27.7 Å². The molecule has 0 saturated carbocycles. The first-order valence-corrected chi connectivity index (χ1v) is 7.04. The van der Waals surface area contributed by atoms with Crippen LogP contribution in [0.4, 0.5) is 0 Å². The predicted molar refractivity (Wildman–Crippen MR) is 83.7 cm³/mol. The van der Waals surface area contributed by atoms with Crippen LogP contribution in [-0.4, -0.2) is 24.0 Å². The highest BCUT2D eigenvalue weighted by atomic mass is 79.9. The number of hydrogen-bond acceptors (Lipinski definition) is 4. The molecule has 0 radical (unpaired) electrons. The van der Waals surface area contributed by atoms with Crippen molar-refractivity contribution in [1.82, 2.24) is 10.9 Å². The van der Waals surface area contributed by atoms with Crippen LogP contribution in [0.25, 0.3) is 0 Å². The van der Waals surface area contributed by atoms with Crippen molar-refractivity contribution in [2.45, 2.75) is 0 Å². The van der Waals surface area contributed by atoms with Gasteiger partial charge >= 0.3 is 0 Å². The highest BCUT2D eigenvalue weighted by Gasteiger charge is 2.14. The number of nitrogens with one attached hydrogen (secondary N) is 2. The van der Waals surface area contributed by atoms with E-state index in [-0.39, 0.29) is 11.3 Å². The minimum Gasteiger partial charge on any atom is -0.507 e. The van der Waals surface area contributed by atoms with Crippen molar-refractivity contribution in [3.05, 3.63) is 58.1 Å². The zero-order chi connectivity index (χ0) is 16.1. The summed E-state index contributed by atoms with van der Waals surface area (Å²) in [5.74, 6) is -0.794. The van der Waals surface area contributed by atoms with Crippen LogP contribution in [0.3, 0.4) is 0 Å². The van der Waals surface area contributed by atoms with Crippen LogP contribution in [-0.2, 0) is 0 Å². The molecule has 2 aromatic rings. The Kier molecular flexibility index (Phi) is 5.00. The molecule has 0 spiro atoms. The largest absolute Gasteiger partial charge is 0.507 e. The zero-order valence-corrected chi connectivity index (χ0v) is 13.2. The number of aromatic hydroxyl groups is 1. The van der Waals surface area contributed by atoms with Crippen molar-refractivity contribution in [2.75, 3.05) is 7.11 Å². The molecule has 6 nitrogen and oxygen atoms in total. The summed E-state index contributed by atoms with van der Waals surface area (Å²) in [4.78, 5) is 24.0. The number of phenolic OH excluding ortho intramolecular Hbond substituents is 1. The van der Waals surface area contributed by atoms with Gasteiger partial charge in [0.2, 0.25) is 0 Å². The van der Waals surface area contributed by atoms with E-state index in [2.05, 4.69) is 26.8 Å². The van der Waals surface area contributed by atoms with E-state index < -0.39 is 11.8 Å². The molecule has 0 heterocycles. The van der Waals surface area contributed by atoms with E-state index in [0.717, 1.165) is 0 Å². The van der Waals surface area contributed by atoms with Gasteiger partial charge in [-0.25, -0.2) is 0 Å². The molecule has 0 fully saturated rings. The maximum absolute atomic E-state index is 12.1. The highest BCUT2D eigenvalue weighted by Crippen LogP contribution is 2.22. The number of para-hydroxylation sites is 1. The summed E-state index contributed by atoms with van der Waals surface area (Å²) >= 11 is 3.25. The third kappa shape index (κ3) is 3.56. The average Bonchev–Trinajstić information content (AvgIpc) is 2.53. The summed E-state index contributed by atoms with van der Waals surface area (Å²) in [6, 6.07) is 10.9. The molecule has 2 amide bonds. The Morgan fingerprint density at radius 2 is 1.68 bits per heavy atom. The Morgan fingerprint density at radius 3 is 2.32 bits per heavy atom. The quantitative estimate of drug-likeness (QED) is 0.728. The number of halogens is 1. The molecule has 0 bridgehead atoms. The minimum atomic E-state index is -0.620. The number of hydrazine groups is 1. The van der Waals surface area contributed by atoms with Gasteiger partial charge in [0, 0.05) is 4.47 Å². The number of methoxy groups -OCH3 is 1. The first-order chi connectivity index (χ1) is 10.5. The molecule has 0 unspecified atom stereocenters. The molecule has 0 saturated heterocycles. The molecule has 22 heavy (non-hydrogen) atoms. The standard InChI is InChI=1S/C15H13BrN2O4/c1-22-9-6-7-12(16)11(8-9)15(21)18-17-14(20)10-4-2-3-5-13(10)19/h2-8,19H,1H3,(H,17,20)(H,18,21). The van der Waals surface area contributed by atoms with Crippen molar-refractivity contribution in [3.8, 4) is 11.5 Å². The maximum atomic E-state index is 12.1. The fourth-order valence-corrected chi connectivity index (χ4v) is 2.15. The topological polar surface area (TPSA) is 87.7 Å². The number of hydrogen-bond donors (Lipinski definition) is 3. The zero-order valence-electron chi connectivity index (χ0n) is 11.6. The fraction of sp³-hybridized carbons (Fsp3) is 0.0667. The van der Waals surface area contributed by atoms with Crippen LogP contribution in [0.2, 0.25) is 0 Å². The molecule has 2 aromatic carbocycles. The summed E-state index contributed by atoms with van der Waals surface area (Å²) < 4.78 is 5.61. The Labute approximate surface area is 135 Å². The monoisotopic (exact) mass is 364 g/mol. The van der Waals surface area contributed by atoms with Crippen LogP contribution in [0.1, 0.15) is 20.7 Å². The van der Waals surface area contributed by atoms with Gasteiger partial charge in [0.25, 0.3) is 11.8 Å². The lowest BCUT2D eigenvalue weighted by Crippen LogP contribution is -2.41. The maximum Gasteiger partial charge on any atom is 0.273 e. The third-order valence-corrected chi connectivity index (χ3v) is 3.55. The third-order valence-electron chi connectivity index (χ3n) is 2.86. The summed E-state index contributed by atoms with van der Waals surface area (Å²) in [6.07, 6.45) is 0. The summed E-state index contributed by atoms with van der Waals surface area (Å²) in [7, 11) is 1.49. The van der Waals surface area contributed by atoms with Crippen molar-refractivity contribution in [3.63, 3.8) is 0 Å². The molecular formula is C15H13BrN2O4. The van der Waals surface area contributed by atoms with Gasteiger partial charge in [-0.1, -0.05) is 12.1 Å². The molecular weight excluding hydrogens is 352 g/mol. The van der Waals surface area contributed by atoms with Gasteiger partial charge in [-0.15, -0.1) is 0 Å². The number of benzene rings is 2.